The lowest BCUT2D eigenvalue weighted by Crippen LogP contribution is -2.39. The van der Waals surface area contributed by atoms with Gasteiger partial charge in [-0.1, -0.05) is 0 Å². The van der Waals surface area contributed by atoms with E-state index in [1.165, 1.54) is 49.3 Å². The molecule has 3 amide bonds. The summed E-state index contributed by atoms with van der Waals surface area (Å²) in [4.78, 5) is 131. The third kappa shape index (κ3) is 15.8. The number of amides is 3. The zero-order chi connectivity index (χ0) is 66.5. The Balaban J connectivity index is 0.738. The summed E-state index contributed by atoms with van der Waals surface area (Å²) in [6.45, 7) is -19.7. The van der Waals surface area contributed by atoms with Crippen LogP contribution in [0.3, 0.4) is 0 Å². The molecule has 508 valence electrons. The molecule has 5 fully saturated rings. The number of aliphatic hydroxyl groups is 3. The summed E-state index contributed by atoms with van der Waals surface area (Å²) in [5.41, 5.74) is 18.8. The van der Waals surface area contributed by atoms with Crippen molar-refractivity contribution in [2.45, 2.75) is 117 Å². The summed E-state index contributed by atoms with van der Waals surface area (Å²) >= 11 is 22.3. The van der Waals surface area contributed by atoms with E-state index < -0.39 is 120 Å². The number of likely N-dealkylation sites (tertiary alicyclic amines) is 1. The van der Waals surface area contributed by atoms with Crippen LogP contribution in [-0.4, -0.2) is 227 Å². The molecule has 6 aromatic rings. The van der Waals surface area contributed by atoms with Gasteiger partial charge in [-0.25, -0.2) is 44.9 Å². The van der Waals surface area contributed by atoms with Gasteiger partial charge in [-0.2, -0.15) is 11.8 Å². The summed E-state index contributed by atoms with van der Waals surface area (Å²) in [5.74, 6) is -0.760. The number of hydrogen-bond acceptors (Lipinski definition) is 33. The molecule has 4 aliphatic heterocycles. The van der Waals surface area contributed by atoms with E-state index in [9.17, 15) is 54.2 Å². The van der Waals surface area contributed by atoms with Crippen LogP contribution in [0.2, 0.25) is 0 Å². The molecule has 7 unspecified atom stereocenters. The Hall–Kier alpha value is -4.11. The first-order valence-electron chi connectivity index (χ1n) is 28.2. The second kappa shape index (κ2) is 28.8. The maximum absolute atomic E-state index is 13.2. The number of fused-ring (bicyclic) bond motifs is 3. The molecular formula is C46H63N17O21P4S5. The standard InChI is InChI=1S/C46H63N17O21P4S5/c1-93-25-9-26(64)60(43(25)69)10-20-3-5-21(6-4-20)42(68)50-7-2-8-75-86(72,90)82-33-31(66)23(80-44(33)61-17-57-27-36(47)51-14-54-39(27)61)12-77-88(74,92)84-35-32(67)24(81-46(35)63-19-59-29-38(49)53-16-56-41(29)63)13-78-87(73,91)83-34-30(65)22(11-76-85(70,71)89)79-45(34)62-18-58-28-37(48)52-15-55-40(28)62/h14-25,30-35,44-46,65-67H,2-13H2,1H3,(H,50,68)(H,72,90)(H,73,91)(H,74,92)(H2,47,51,54)(H2,48,52,55)(H2,49,53,56)(H2,70,71,89)/t20?,21?,22-,23-,24-,25?,30+,31+,32+,33?,34?,35?,44-,45-,46-,86?,87?,88?/m1/s1. The van der Waals surface area contributed by atoms with E-state index in [0.717, 1.165) is 19.0 Å². The normalized spacial score (nSPS) is 30.6. The maximum Gasteiger partial charge on any atom is 0.325 e. The molecule has 0 bridgehead atoms. The fourth-order valence-electron chi connectivity index (χ4n) is 11.3. The summed E-state index contributed by atoms with van der Waals surface area (Å²) in [6.07, 6.45) is -7.26. The van der Waals surface area contributed by atoms with Crippen LogP contribution < -0.4 is 22.5 Å². The number of nitrogens with one attached hydrogen (secondary N) is 1. The van der Waals surface area contributed by atoms with E-state index >= 15 is 0 Å². The smallest absolute Gasteiger partial charge is 0.325 e. The number of aromatic nitrogens is 12. The SMILES string of the molecule is CSC1CC(=O)N(CC2CCC(C(=O)NCCCOP(O)(=S)OC3[C@@H](O)[C@@H](COP(O)(=S)OC4[C@@H](O)[C@@H](COP(O)(=S)OC5[C@@H](O)[C@@H](COP(O)(O)=S)O[C@H]5n5cnc6c(N)ncnc65)O[C@H]4n4cnc5c(N)ncnc54)O[C@H]3n3cnc4c(N)ncnc43)CC2)C1=O. The van der Waals surface area contributed by atoms with Gasteiger partial charge < -0.3 is 94.6 Å². The number of hydrogen-bond donors (Lipinski definition) is 12. The van der Waals surface area contributed by atoms with Gasteiger partial charge in [-0.3, -0.25) is 46.6 Å². The number of aliphatic hydroxyl groups excluding tert-OH is 3. The van der Waals surface area contributed by atoms with Crippen LogP contribution in [-0.2, 0) is 107 Å². The van der Waals surface area contributed by atoms with Crippen molar-refractivity contribution in [2.75, 3.05) is 63.0 Å². The van der Waals surface area contributed by atoms with E-state index in [1.54, 1.807) is 6.26 Å². The Labute approximate surface area is 550 Å². The van der Waals surface area contributed by atoms with E-state index in [4.69, 9.17) is 98.5 Å². The first kappa shape index (κ1) is 70.2. The van der Waals surface area contributed by atoms with Gasteiger partial charge in [-0.15, -0.1) is 0 Å². The third-order valence-corrected chi connectivity index (χ3v) is 22.4. The lowest BCUT2D eigenvalue weighted by atomic mass is 9.81. The van der Waals surface area contributed by atoms with Crippen LogP contribution in [0.15, 0.2) is 38.0 Å². The van der Waals surface area contributed by atoms with Crippen LogP contribution >= 0.6 is 38.6 Å². The molecule has 93 heavy (non-hydrogen) atoms. The van der Waals surface area contributed by atoms with Crippen LogP contribution in [0.4, 0.5) is 17.5 Å². The van der Waals surface area contributed by atoms with Crippen molar-refractivity contribution < 1.29 is 100 Å². The average Bonchev–Trinajstić information content (AvgIpc) is 1.64. The Morgan fingerprint density at radius 3 is 1.40 bits per heavy atom. The third-order valence-electron chi connectivity index (χ3n) is 15.9. The molecule has 11 rings (SSSR count). The molecule has 38 nitrogen and oxygen atoms in total. The minimum atomic E-state index is -4.66. The van der Waals surface area contributed by atoms with E-state index in [0.29, 0.717) is 32.2 Å². The minimum absolute atomic E-state index is 0.00853. The second-order valence-corrected chi connectivity index (χ2v) is 34.0. The summed E-state index contributed by atoms with van der Waals surface area (Å²) in [5, 5.41) is 38.0. The lowest BCUT2D eigenvalue weighted by molar-refractivity contribution is -0.139. The molecule has 47 heteroatoms. The predicted octanol–water partition coefficient (Wildman–Crippen LogP) is -1.09. The van der Waals surface area contributed by atoms with Crippen molar-refractivity contribution in [1.82, 2.24) is 68.8 Å². The summed E-state index contributed by atoms with van der Waals surface area (Å²) in [7, 11) is 0. The van der Waals surface area contributed by atoms with Crippen molar-refractivity contribution in [3.05, 3.63) is 38.0 Å². The van der Waals surface area contributed by atoms with E-state index in [-0.39, 0.29) is 112 Å². The Morgan fingerprint density at radius 2 is 1.01 bits per heavy atom. The first-order chi connectivity index (χ1) is 44.1. The highest BCUT2D eigenvalue weighted by molar-refractivity contribution is 8.08. The predicted molar refractivity (Wildman–Crippen MR) is 337 cm³/mol. The van der Waals surface area contributed by atoms with Crippen molar-refractivity contribution >= 4 is 155 Å². The number of nitrogens with zero attached hydrogens (tertiary/aromatic N) is 13. The number of carbonyl (C=O) groups excluding carboxylic acids is 3. The Morgan fingerprint density at radius 1 is 0.613 bits per heavy atom. The van der Waals surface area contributed by atoms with Crippen molar-refractivity contribution in [3.63, 3.8) is 0 Å². The number of imidazole rings is 3. The largest absolute Gasteiger partial charge is 0.387 e. The molecule has 5 aliphatic rings. The van der Waals surface area contributed by atoms with Gasteiger partial charge in [0.25, 0.3) is 0 Å². The highest BCUT2D eigenvalue weighted by atomic mass is 32.5. The topological polar surface area (TPSA) is 529 Å². The molecule has 0 spiro atoms. The number of nitrogen functional groups attached to an aromatic ring is 3. The number of imide groups is 1. The quantitative estimate of drug-likeness (QED) is 0.0166. The maximum atomic E-state index is 13.2. The van der Waals surface area contributed by atoms with Crippen molar-refractivity contribution in [3.8, 4) is 0 Å². The number of carbonyl (C=O) groups is 3. The molecule has 4 saturated heterocycles. The van der Waals surface area contributed by atoms with Crippen LogP contribution in [0.25, 0.3) is 33.5 Å². The molecule has 15 N–H and O–H groups in total. The van der Waals surface area contributed by atoms with Crippen LogP contribution in [0.1, 0.15) is 57.2 Å². The first-order valence-corrected chi connectivity index (χ1v) is 39.9. The second-order valence-electron chi connectivity index (χ2n) is 21.9. The van der Waals surface area contributed by atoms with Gasteiger partial charge in [0.2, 0.25) is 17.7 Å². The van der Waals surface area contributed by atoms with Gasteiger partial charge in [0, 0.05) is 25.4 Å². The highest BCUT2D eigenvalue weighted by Gasteiger charge is 2.54. The van der Waals surface area contributed by atoms with Crippen molar-refractivity contribution in [2.24, 2.45) is 11.8 Å². The zero-order valence-corrected chi connectivity index (χ0v) is 56.0. The van der Waals surface area contributed by atoms with Crippen LogP contribution in [0.5, 0.6) is 0 Å². The molecular weight excluding hydrogens is 1410 g/mol. The number of ether oxygens (including phenoxy) is 3. The van der Waals surface area contributed by atoms with Gasteiger partial charge >= 0.3 is 26.9 Å². The number of anilines is 3. The number of nitrogens with two attached hydrogens (primary N) is 3. The van der Waals surface area contributed by atoms with Crippen molar-refractivity contribution in [1.29, 1.82) is 0 Å². The Bertz CT molecular complexity index is 3950. The summed E-state index contributed by atoms with van der Waals surface area (Å²) < 4.78 is 62.4. The molecule has 0 radical (unpaired) electrons. The average molecular weight is 1470 g/mol. The molecule has 1 saturated carbocycles. The Kier molecular flexibility index (Phi) is 21.7. The molecule has 1 aliphatic carbocycles. The molecule has 0 aromatic carbocycles. The van der Waals surface area contributed by atoms with Gasteiger partial charge in [0.05, 0.1) is 50.7 Å². The molecule has 10 heterocycles. The minimum Gasteiger partial charge on any atom is -0.387 e. The highest BCUT2D eigenvalue weighted by Crippen LogP contribution is 2.55. The van der Waals surface area contributed by atoms with Gasteiger partial charge in [-0.05, 0) is 91.5 Å². The fourth-order valence-corrected chi connectivity index (χ4v) is 16.8. The van der Waals surface area contributed by atoms with E-state index in [1.807, 2.05) is 0 Å². The van der Waals surface area contributed by atoms with E-state index in [2.05, 4.69) is 62.0 Å². The lowest BCUT2D eigenvalue weighted by Gasteiger charge is -2.30. The number of rotatable bonds is 27. The summed E-state index contributed by atoms with van der Waals surface area (Å²) in [6, 6.07) is 0. The zero-order valence-electron chi connectivity index (χ0n) is 48.4. The van der Waals surface area contributed by atoms with Crippen LogP contribution in [0, 0.1) is 11.8 Å². The fraction of sp³-hybridized carbons (Fsp3) is 0.609. The van der Waals surface area contributed by atoms with Gasteiger partial charge in [0.15, 0.2) is 53.1 Å². The number of thioether (sulfide) groups is 1. The molecule has 16 atom stereocenters. The molecule has 6 aromatic heterocycles. The van der Waals surface area contributed by atoms with Gasteiger partial charge in [0.1, 0.15) is 90.5 Å². The monoisotopic (exact) mass is 1470 g/mol.